The third-order valence-electron chi connectivity index (χ3n) is 6.46. The summed E-state index contributed by atoms with van der Waals surface area (Å²) >= 11 is 0. The van der Waals surface area contributed by atoms with Crippen LogP contribution in [-0.4, -0.2) is 61.0 Å². The molecule has 0 aliphatic carbocycles. The molecule has 9 nitrogen and oxygen atoms in total. The normalized spacial score (nSPS) is 13.4. The molecule has 38 heavy (non-hydrogen) atoms. The molecule has 9 heteroatoms. The zero-order valence-electron chi connectivity index (χ0n) is 22.7. The number of hydrogen-bond acceptors (Lipinski definition) is 6. The van der Waals surface area contributed by atoms with Crippen molar-refractivity contribution in [3.63, 3.8) is 0 Å². The van der Waals surface area contributed by atoms with Crippen LogP contribution >= 0.6 is 0 Å². The van der Waals surface area contributed by atoms with Gasteiger partial charge in [0.15, 0.2) is 0 Å². The van der Waals surface area contributed by atoms with Crippen molar-refractivity contribution in [2.45, 2.75) is 83.6 Å². The molecule has 0 aromatic heterocycles. The second-order valence-corrected chi connectivity index (χ2v) is 9.49. The highest BCUT2D eigenvalue weighted by Gasteiger charge is 2.43. The smallest absolute Gasteiger partial charge is 0.264 e. The lowest BCUT2D eigenvalue weighted by Crippen LogP contribution is -2.47. The monoisotopic (exact) mass is 529 g/mol. The average molecular weight is 530 g/mol. The summed E-state index contributed by atoms with van der Waals surface area (Å²) in [5.74, 6) is -2.23. The van der Waals surface area contributed by atoms with Gasteiger partial charge in [-0.3, -0.25) is 24.1 Å². The Balaban J connectivity index is 1.71. The van der Waals surface area contributed by atoms with Crippen molar-refractivity contribution in [1.82, 2.24) is 4.90 Å². The number of allylic oxidation sites excluding steroid dienone is 1. The zero-order valence-corrected chi connectivity index (χ0v) is 22.7. The molecule has 2 rings (SSSR count). The standard InChI is InChI=1S/C29H43N3O6/c1-3-5-7-8-11-18-37-20-21-38-19-12-9-10-17-25(33)31-23-15-13-14-22-26(23)29(36)32(28(22)35)24(27(30)34)16-6-4-2/h4,13-15,24H,2-3,5-12,16-21H2,1H3,(H2,30,34)(H,31,33). The molecule has 1 atom stereocenters. The van der Waals surface area contributed by atoms with Gasteiger partial charge in [-0.2, -0.15) is 0 Å². The van der Waals surface area contributed by atoms with Gasteiger partial charge >= 0.3 is 0 Å². The lowest BCUT2D eigenvalue weighted by molar-refractivity contribution is -0.122. The number of ether oxygens (including phenoxy) is 2. The van der Waals surface area contributed by atoms with Crippen LogP contribution in [0, 0.1) is 0 Å². The Bertz CT molecular complexity index is 948. The number of nitrogens with two attached hydrogens (primary N) is 1. The number of rotatable bonds is 21. The van der Waals surface area contributed by atoms with E-state index in [-0.39, 0.29) is 35.6 Å². The molecular weight excluding hydrogens is 486 g/mol. The van der Waals surface area contributed by atoms with E-state index in [9.17, 15) is 19.2 Å². The molecule has 0 radical (unpaired) electrons. The van der Waals surface area contributed by atoms with Crippen molar-refractivity contribution in [1.29, 1.82) is 0 Å². The Morgan fingerprint density at radius 2 is 1.63 bits per heavy atom. The van der Waals surface area contributed by atoms with E-state index in [0.717, 1.165) is 30.8 Å². The lowest BCUT2D eigenvalue weighted by Gasteiger charge is -2.23. The third-order valence-corrected chi connectivity index (χ3v) is 6.46. The highest BCUT2D eigenvalue weighted by atomic mass is 16.5. The fraction of sp³-hybridized carbons (Fsp3) is 0.586. The van der Waals surface area contributed by atoms with E-state index in [0.29, 0.717) is 32.7 Å². The first kappa shape index (κ1) is 31.2. The molecule has 0 saturated heterocycles. The van der Waals surface area contributed by atoms with Gasteiger partial charge in [0.2, 0.25) is 11.8 Å². The summed E-state index contributed by atoms with van der Waals surface area (Å²) < 4.78 is 11.2. The maximum atomic E-state index is 13.1. The van der Waals surface area contributed by atoms with Crippen molar-refractivity contribution in [3.05, 3.63) is 42.0 Å². The van der Waals surface area contributed by atoms with Crippen LogP contribution in [0.5, 0.6) is 0 Å². The SMILES string of the molecule is C=CCCC(C(N)=O)N1C(=O)c2cccc(NC(=O)CCCCCOCCOCCCCCCC)c2C1=O. The molecule has 1 aliphatic rings. The summed E-state index contributed by atoms with van der Waals surface area (Å²) in [5.41, 5.74) is 5.97. The number of carbonyl (C=O) groups excluding carboxylic acids is 4. The highest BCUT2D eigenvalue weighted by Crippen LogP contribution is 2.31. The topological polar surface area (TPSA) is 128 Å². The fourth-order valence-electron chi connectivity index (χ4n) is 4.37. The Labute approximate surface area is 226 Å². The molecular formula is C29H43N3O6. The Morgan fingerprint density at radius 1 is 0.974 bits per heavy atom. The number of unbranched alkanes of at least 4 members (excludes halogenated alkanes) is 6. The molecule has 1 heterocycles. The molecule has 0 fully saturated rings. The second-order valence-electron chi connectivity index (χ2n) is 9.49. The van der Waals surface area contributed by atoms with Gasteiger partial charge in [-0.05, 0) is 44.2 Å². The predicted molar refractivity (Wildman–Crippen MR) is 147 cm³/mol. The van der Waals surface area contributed by atoms with Gasteiger partial charge < -0.3 is 20.5 Å². The van der Waals surface area contributed by atoms with E-state index >= 15 is 0 Å². The van der Waals surface area contributed by atoms with Crippen LogP contribution in [0.15, 0.2) is 30.9 Å². The summed E-state index contributed by atoms with van der Waals surface area (Å²) in [6.45, 7) is 8.39. The van der Waals surface area contributed by atoms with Crippen LogP contribution in [0.1, 0.15) is 98.3 Å². The Kier molecular flexibility index (Phi) is 14.3. The Morgan fingerprint density at radius 3 is 2.26 bits per heavy atom. The molecule has 0 bridgehead atoms. The van der Waals surface area contributed by atoms with Gasteiger partial charge in [0, 0.05) is 19.6 Å². The van der Waals surface area contributed by atoms with Crippen LogP contribution in [0.3, 0.4) is 0 Å². The van der Waals surface area contributed by atoms with E-state index in [1.165, 1.54) is 31.7 Å². The fourth-order valence-corrected chi connectivity index (χ4v) is 4.37. The summed E-state index contributed by atoms with van der Waals surface area (Å²) in [7, 11) is 0. The van der Waals surface area contributed by atoms with E-state index in [1.807, 2.05) is 0 Å². The molecule has 1 aliphatic heterocycles. The molecule has 1 aromatic rings. The summed E-state index contributed by atoms with van der Waals surface area (Å²) in [6.07, 6.45) is 10.9. The Hall–Kier alpha value is -3.04. The molecule has 1 aromatic carbocycles. The van der Waals surface area contributed by atoms with E-state index in [4.69, 9.17) is 15.2 Å². The van der Waals surface area contributed by atoms with Crippen LogP contribution in [0.25, 0.3) is 0 Å². The molecule has 210 valence electrons. The van der Waals surface area contributed by atoms with Crippen LogP contribution in [0.2, 0.25) is 0 Å². The summed E-state index contributed by atoms with van der Waals surface area (Å²) in [5, 5.41) is 2.75. The van der Waals surface area contributed by atoms with Gasteiger partial charge in [-0.15, -0.1) is 6.58 Å². The summed E-state index contributed by atoms with van der Waals surface area (Å²) in [6, 6.07) is 3.61. The van der Waals surface area contributed by atoms with Gasteiger partial charge in [0.05, 0.1) is 30.0 Å². The quantitative estimate of drug-likeness (QED) is 0.136. The molecule has 3 N–H and O–H groups in total. The molecule has 1 unspecified atom stereocenters. The average Bonchev–Trinajstić information content (AvgIpc) is 3.15. The van der Waals surface area contributed by atoms with Gasteiger partial charge in [-0.25, -0.2) is 0 Å². The number of amides is 4. The number of carbonyl (C=O) groups is 4. The first-order valence-electron chi connectivity index (χ1n) is 13.8. The van der Waals surface area contributed by atoms with Crippen molar-refractivity contribution in [2.24, 2.45) is 5.73 Å². The highest BCUT2D eigenvalue weighted by molar-refractivity contribution is 6.25. The maximum absolute atomic E-state index is 13.1. The molecule has 0 saturated carbocycles. The number of anilines is 1. The minimum Gasteiger partial charge on any atom is -0.379 e. The molecule has 0 spiro atoms. The largest absolute Gasteiger partial charge is 0.379 e. The number of imide groups is 1. The number of fused-ring (bicyclic) bond motifs is 1. The second kappa shape index (κ2) is 17.5. The zero-order chi connectivity index (χ0) is 27.8. The number of hydrogen-bond donors (Lipinski definition) is 2. The van der Waals surface area contributed by atoms with Crippen LogP contribution < -0.4 is 11.1 Å². The van der Waals surface area contributed by atoms with E-state index < -0.39 is 23.8 Å². The third kappa shape index (κ3) is 9.68. The minimum absolute atomic E-state index is 0.0901. The van der Waals surface area contributed by atoms with Crippen LogP contribution in [-0.2, 0) is 19.1 Å². The van der Waals surface area contributed by atoms with E-state index in [1.54, 1.807) is 18.2 Å². The maximum Gasteiger partial charge on any atom is 0.264 e. The number of benzene rings is 1. The van der Waals surface area contributed by atoms with Gasteiger partial charge in [0.25, 0.3) is 11.8 Å². The van der Waals surface area contributed by atoms with Crippen LogP contribution in [0.4, 0.5) is 5.69 Å². The van der Waals surface area contributed by atoms with Gasteiger partial charge in [0.1, 0.15) is 6.04 Å². The van der Waals surface area contributed by atoms with E-state index in [2.05, 4.69) is 18.8 Å². The van der Waals surface area contributed by atoms with Gasteiger partial charge in [-0.1, -0.05) is 51.2 Å². The lowest BCUT2D eigenvalue weighted by atomic mass is 10.1. The van der Waals surface area contributed by atoms with Crippen molar-refractivity contribution in [3.8, 4) is 0 Å². The summed E-state index contributed by atoms with van der Waals surface area (Å²) in [4.78, 5) is 51.4. The van der Waals surface area contributed by atoms with Crippen molar-refractivity contribution >= 4 is 29.3 Å². The number of nitrogens with one attached hydrogen (secondary N) is 1. The first-order chi connectivity index (χ1) is 18.4. The number of primary amides is 1. The minimum atomic E-state index is -1.08. The predicted octanol–water partition coefficient (Wildman–Crippen LogP) is 4.61. The van der Waals surface area contributed by atoms with Crippen molar-refractivity contribution < 1.29 is 28.7 Å². The first-order valence-corrected chi connectivity index (χ1v) is 13.8. The van der Waals surface area contributed by atoms with Crippen molar-refractivity contribution in [2.75, 3.05) is 31.7 Å². The molecule has 4 amide bonds. The number of nitrogens with zero attached hydrogens (tertiary/aromatic N) is 1.